The maximum atomic E-state index is 6.04. The zero-order valence-corrected chi connectivity index (χ0v) is 13.3. The van der Waals surface area contributed by atoms with E-state index in [0.717, 1.165) is 36.0 Å². The van der Waals surface area contributed by atoms with E-state index in [1.54, 1.807) is 7.11 Å². The summed E-state index contributed by atoms with van der Waals surface area (Å²) in [6.45, 7) is 9.29. The molecule has 0 unspecified atom stereocenters. The molecular weight excluding hydrogens is 260 g/mol. The van der Waals surface area contributed by atoms with Crippen LogP contribution in [-0.4, -0.2) is 37.7 Å². The van der Waals surface area contributed by atoms with E-state index in [2.05, 4.69) is 38.0 Å². The first-order valence-corrected chi connectivity index (χ1v) is 6.95. The van der Waals surface area contributed by atoms with E-state index >= 15 is 0 Å². The van der Waals surface area contributed by atoms with Crippen molar-refractivity contribution in [2.45, 2.75) is 32.9 Å². The number of nitrogens with one attached hydrogen (secondary N) is 1. The van der Waals surface area contributed by atoms with E-state index in [0.29, 0.717) is 0 Å². The van der Waals surface area contributed by atoms with Crippen LogP contribution in [0.2, 0.25) is 5.02 Å². The Hall–Kier alpha value is -0.770. The predicted molar refractivity (Wildman–Crippen MR) is 82.1 cm³/mol. The molecule has 0 fully saturated rings. The van der Waals surface area contributed by atoms with Crippen LogP contribution < -0.4 is 10.1 Å². The lowest BCUT2D eigenvalue weighted by Crippen LogP contribution is -2.40. The van der Waals surface area contributed by atoms with Crippen molar-refractivity contribution in [2.75, 3.05) is 27.2 Å². The van der Waals surface area contributed by atoms with E-state index < -0.39 is 0 Å². The lowest BCUT2D eigenvalue weighted by molar-refractivity contribution is 0.297. The molecule has 0 atom stereocenters. The van der Waals surface area contributed by atoms with E-state index in [4.69, 9.17) is 16.3 Å². The monoisotopic (exact) mass is 284 g/mol. The topological polar surface area (TPSA) is 24.5 Å². The molecule has 0 radical (unpaired) electrons. The van der Waals surface area contributed by atoms with Crippen LogP contribution in [0.4, 0.5) is 0 Å². The molecule has 1 aromatic rings. The second-order valence-corrected chi connectivity index (χ2v) is 6.31. The van der Waals surface area contributed by atoms with Gasteiger partial charge in [-0.2, -0.15) is 0 Å². The third-order valence-electron chi connectivity index (χ3n) is 2.83. The smallest absolute Gasteiger partial charge is 0.123 e. The number of methoxy groups -OCH3 is 1. The zero-order valence-electron chi connectivity index (χ0n) is 12.6. The molecule has 0 aliphatic rings. The van der Waals surface area contributed by atoms with Crippen molar-refractivity contribution in [3.8, 4) is 5.75 Å². The maximum Gasteiger partial charge on any atom is 0.123 e. The molecule has 0 heterocycles. The molecule has 108 valence electrons. The zero-order chi connectivity index (χ0) is 14.5. The van der Waals surface area contributed by atoms with E-state index in [1.807, 2.05) is 18.2 Å². The minimum absolute atomic E-state index is 0.161. The van der Waals surface area contributed by atoms with Crippen molar-refractivity contribution in [3.63, 3.8) is 0 Å². The van der Waals surface area contributed by atoms with Crippen LogP contribution in [-0.2, 0) is 6.54 Å². The second-order valence-electron chi connectivity index (χ2n) is 5.87. The molecule has 0 aliphatic carbocycles. The second kappa shape index (κ2) is 7.13. The first-order valence-electron chi connectivity index (χ1n) is 6.58. The molecule has 0 aromatic heterocycles. The Morgan fingerprint density at radius 3 is 2.58 bits per heavy atom. The minimum atomic E-state index is 0.161. The number of halogens is 1. The number of benzene rings is 1. The highest BCUT2D eigenvalue weighted by molar-refractivity contribution is 6.30. The van der Waals surface area contributed by atoms with Crippen LogP contribution in [0.3, 0.4) is 0 Å². The molecule has 4 heteroatoms. The van der Waals surface area contributed by atoms with Gasteiger partial charge in [0.2, 0.25) is 0 Å². The van der Waals surface area contributed by atoms with Crippen LogP contribution in [0, 0.1) is 0 Å². The lowest BCUT2D eigenvalue weighted by atomic mass is 10.1. The Balaban J connectivity index is 2.52. The van der Waals surface area contributed by atoms with Crippen molar-refractivity contribution in [1.29, 1.82) is 0 Å². The average molecular weight is 285 g/mol. The fraction of sp³-hybridized carbons (Fsp3) is 0.600. The molecular formula is C15H25ClN2O. The Kier molecular flexibility index (Phi) is 6.11. The highest BCUT2D eigenvalue weighted by atomic mass is 35.5. The Morgan fingerprint density at radius 2 is 2.00 bits per heavy atom. The number of likely N-dealkylation sites (N-methyl/N-ethyl adjacent to an activating group) is 1. The van der Waals surface area contributed by atoms with E-state index in [9.17, 15) is 0 Å². The fourth-order valence-corrected chi connectivity index (χ4v) is 2.06. The summed E-state index contributed by atoms with van der Waals surface area (Å²) in [5.41, 5.74) is 1.28. The molecule has 1 N–H and O–H groups in total. The molecule has 0 spiro atoms. The van der Waals surface area contributed by atoms with Crippen molar-refractivity contribution < 1.29 is 4.74 Å². The molecule has 3 nitrogen and oxygen atoms in total. The van der Waals surface area contributed by atoms with Gasteiger partial charge in [0.05, 0.1) is 7.11 Å². The SMILES string of the molecule is COc1ccc(Cl)cc1CN(C)CCNC(C)(C)C. The van der Waals surface area contributed by atoms with Crippen molar-refractivity contribution >= 4 is 11.6 Å². The van der Waals surface area contributed by atoms with Crippen molar-refractivity contribution in [1.82, 2.24) is 10.2 Å². The summed E-state index contributed by atoms with van der Waals surface area (Å²) in [6, 6.07) is 5.73. The van der Waals surface area contributed by atoms with E-state index in [-0.39, 0.29) is 5.54 Å². The fourth-order valence-electron chi connectivity index (χ4n) is 1.86. The molecule has 19 heavy (non-hydrogen) atoms. The van der Waals surface area contributed by atoms with Gasteiger partial charge in [-0.05, 0) is 46.0 Å². The van der Waals surface area contributed by atoms with Gasteiger partial charge in [0.25, 0.3) is 0 Å². The van der Waals surface area contributed by atoms with Crippen LogP contribution in [0.1, 0.15) is 26.3 Å². The van der Waals surface area contributed by atoms with Gasteiger partial charge in [0, 0.05) is 35.8 Å². The summed E-state index contributed by atoms with van der Waals surface area (Å²) in [5.74, 6) is 0.889. The Labute approximate surface area is 121 Å². The van der Waals surface area contributed by atoms with Gasteiger partial charge in [-0.15, -0.1) is 0 Å². The van der Waals surface area contributed by atoms with Gasteiger partial charge < -0.3 is 15.0 Å². The van der Waals surface area contributed by atoms with Gasteiger partial charge in [0.1, 0.15) is 5.75 Å². The number of rotatable bonds is 6. The van der Waals surface area contributed by atoms with E-state index in [1.165, 1.54) is 0 Å². The van der Waals surface area contributed by atoms with Crippen LogP contribution >= 0.6 is 11.6 Å². The van der Waals surface area contributed by atoms with Crippen molar-refractivity contribution in [3.05, 3.63) is 28.8 Å². The van der Waals surface area contributed by atoms with Crippen LogP contribution in [0.5, 0.6) is 5.75 Å². The number of hydrogen-bond acceptors (Lipinski definition) is 3. The number of hydrogen-bond donors (Lipinski definition) is 1. The summed E-state index contributed by atoms with van der Waals surface area (Å²) in [6.07, 6.45) is 0. The van der Waals surface area contributed by atoms with Crippen molar-refractivity contribution in [2.24, 2.45) is 0 Å². The summed E-state index contributed by atoms with van der Waals surface area (Å²) in [4.78, 5) is 2.26. The molecule has 0 amide bonds. The molecule has 0 saturated heterocycles. The average Bonchev–Trinajstić information content (AvgIpc) is 2.27. The molecule has 0 saturated carbocycles. The minimum Gasteiger partial charge on any atom is -0.496 e. The van der Waals surface area contributed by atoms with Gasteiger partial charge >= 0.3 is 0 Å². The third kappa shape index (κ3) is 6.28. The summed E-state index contributed by atoms with van der Waals surface area (Å²) in [5, 5.41) is 4.23. The molecule has 0 aliphatic heterocycles. The summed E-state index contributed by atoms with van der Waals surface area (Å²) in [7, 11) is 3.79. The number of nitrogens with zero attached hydrogens (tertiary/aromatic N) is 1. The lowest BCUT2D eigenvalue weighted by Gasteiger charge is -2.24. The third-order valence-corrected chi connectivity index (χ3v) is 3.07. The highest BCUT2D eigenvalue weighted by Crippen LogP contribution is 2.23. The van der Waals surface area contributed by atoms with Crippen LogP contribution in [0.15, 0.2) is 18.2 Å². The van der Waals surface area contributed by atoms with Gasteiger partial charge in [-0.25, -0.2) is 0 Å². The quantitative estimate of drug-likeness (QED) is 0.868. The molecule has 1 aromatic carbocycles. The first kappa shape index (κ1) is 16.3. The Morgan fingerprint density at radius 1 is 1.32 bits per heavy atom. The standard InChI is InChI=1S/C15H25ClN2O/c1-15(2,3)17-8-9-18(4)11-12-10-13(16)6-7-14(12)19-5/h6-7,10,17H,8-9,11H2,1-5H3. The first-order chi connectivity index (χ1) is 8.81. The van der Waals surface area contributed by atoms with Gasteiger partial charge in [-0.3, -0.25) is 0 Å². The van der Waals surface area contributed by atoms with Gasteiger partial charge in [0.15, 0.2) is 0 Å². The number of ether oxygens (including phenoxy) is 1. The summed E-state index contributed by atoms with van der Waals surface area (Å²) >= 11 is 6.04. The molecule has 1 rings (SSSR count). The van der Waals surface area contributed by atoms with Crippen LogP contribution in [0.25, 0.3) is 0 Å². The van der Waals surface area contributed by atoms with Gasteiger partial charge in [-0.1, -0.05) is 11.6 Å². The molecule has 0 bridgehead atoms. The largest absolute Gasteiger partial charge is 0.496 e. The summed E-state index contributed by atoms with van der Waals surface area (Å²) < 4.78 is 5.36. The highest BCUT2D eigenvalue weighted by Gasteiger charge is 2.10. The maximum absolute atomic E-state index is 6.04. The predicted octanol–water partition coefficient (Wildman–Crippen LogP) is 3.17. The normalized spacial score (nSPS) is 11.9. The Bertz CT molecular complexity index is 402.